The summed E-state index contributed by atoms with van der Waals surface area (Å²) in [6, 6.07) is 5.35. The average Bonchev–Trinajstić information content (AvgIpc) is 3.31. The molecule has 0 unspecified atom stereocenters. The summed E-state index contributed by atoms with van der Waals surface area (Å²) in [5.41, 5.74) is 2.16. The molecular weight excluding hydrogens is 398 g/mol. The molecule has 154 valence electrons. The van der Waals surface area contributed by atoms with Crippen LogP contribution in [0, 0.1) is 6.92 Å². The van der Waals surface area contributed by atoms with Crippen LogP contribution in [0.5, 0.6) is 0 Å². The van der Waals surface area contributed by atoms with Crippen molar-refractivity contribution in [1.29, 1.82) is 0 Å². The number of aryl methyl sites for hydroxylation is 2. The van der Waals surface area contributed by atoms with Crippen molar-refractivity contribution in [1.82, 2.24) is 14.6 Å². The second-order valence-electron chi connectivity index (χ2n) is 7.05. The highest BCUT2D eigenvalue weighted by molar-refractivity contribution is 7.91. The van der Waals surface area contributed by atoms with Crippen molar-refractivity contribution in [3.63, 3.8) is 0 Å². The van der Waals surface area contributed by atoms with Crippen molar-refractivity contribution in [2.45, 2.75) is 43.4 Å². The van der Waals surface area contributed by atoms with E-state index in [4.69, 9.17) is 0 Å². The molecule has 1 aliphatic heterocycles. The van der Waals surface area contributed by atoms with E-state index in [0.717, 1.165) is 35.5 Å². The number of aliphatic hydroxyl groups is 1. The minimum Gasteiger partial charge on any atom is -0.395 e. The normalized spacial score (nSPS) is 18.0. The van der Waals surface area contributed by atoms with Crippen LogP contribution in [0.4, 0.5) is 0 Å². The van der Waals surface area contributed by atoms with Gasteiger partial charge in [0, 0.05) is 40.8 Å². The zero-order valence-corrected chi connectivity index (χ0v) is 17.8. The first-order valence-electron chi connectivity index (χ1n) is 9.53. The average molecular weight is 426 g/mol. The minimum absolute atomic E-state index is 0.0992. The zero-order chi connectivity index (χ0) is 20.3. The highest BCUT2D eigenvalue weighted by Crippen LogP contribution is 2.32. The number of aromatic nitrogens is 1. The summed E-state index contributed by atoms with van der Waals surface area (Å²) >= 11 is 1.19. The number of hydrogen-bond donors (Lipinski definition) is 3. The first-order valence-corrected chi connectivity index (χ1v) is 11.8. The number of H-pyrrole nitrogens is 1. The molecule has 1 aliphatic rings. The maximum Gasteiger partial charge on any atom is 0.251 e. The van der Waals surface area contributed by atoms with Gasteiger partial charge in [0.25, 0.3) is 5.56 Å². The van der Waals surface area contributed by atoms with Crippen LogP contribution in [0.25, 0.3) is 10.4 Å². The van der Waals surface area contributed by atoms with Gasteiger partial charge >= 0.3 is 0 Å². The summed E-state index contributed by atoms with van der Waals surface area (Å²) in [5, 5.41) is 9.36. The van der Waals surface area contributed by atoms with Gasteiger partial charge in [0.1, 0.15) is 4.21 Å². The predicted octanol–water partition coefficient (Wildman–Crippen LogP) is 1.71. The number of aliphatic hydroxyl groups excluding tert-OH is 1. The van der Waals surface area contributed by atoms with Crippen molar-refractivity contribution < 1.29 is 13.5 Å². The first-order chi connectivity index (χ1) is 13.4. The van der Waals surface area contributed by atoms with E-state index < -0.39 is 10.0 Å². The molecule has 3 heterocycles. The Morgan fingerprint density at radius 2 is 2.18 bits per heavy atom. The largest absolute Gasteiger partial charge is 0.395 e. The monoisotopic (exact) mass is 425 g/mol. The van der Waals surface area contributed by atoms with E-state index in [1.807, 2.05) is 19.9 Å². The lowest BCUT2D eigenvalue weighted by Gasteiger charge is -2.22. The lowest BCUT2D eigenvalue weighted by Crippen LogP contribution is -2.38. The van der Waals surface area contributed by atoms with Gasteiger partial charge in [0.2, 0.25) is 10.0 Å². The lowest BCUT2D eigenvalue weighted by atomic mass is 10.1. The molecule has 0 aromatic carbocycles. The molecule has 0 bridgehead atoms. The summed E-state index contributed by atoms with van der Waals surface area (Å²) in [6.45, 7) is 5.63. The molecule has 1 atom stereocenters. The summed E-state index contributed by atoms with van der Waals surface area (Å²) in [4.78, 5) is 17.7. The van der Waals surface area contributed by atoms with Crippen LogP contribution in [0.2, 0.25) is 0 Å². The number of thiophene rings is 1. The maximum atomic E-state index is 12.6. The molecule has 2 aromatic heterocycles. The quantitative estimate of drug-likeness (QED) is 0.598. The van der Waals surface area contributed by atoms with E-state index >= 15 is 0 Å². The Balaban J connectivity index is 1.71. The summed E-state index contributed by atoms with van der Waals surface area (Å²) in [5.74, 6) is 0. The molecule has 0 radical (unpaired) electrons. The van der Waals surface area contributed by atoms with Gasteiger partial charge in [-0.15, -0.1) is 11.3 Å². The molecule has 3 N–H and O–H groups in total. The molecule has 3 rings (SSSR count). The number of pyridine rings is 1. The third-order valence-electron chi connectivity index (χ3n) is 5.21. The first kappa shape index (κ1) is 21.2. The van der Waals surface area contributed by atoms with Crippen LogP contribution in [-0.4, -0.2) is 55.7 Å². The van der Waals surface area contributed by atoms with Crippen LogP contribution in [0.15, 0.2) is 27.2 Å². The molecule has 0 spiro atoms. The Kier molecular flexibility index (Phi) is 6.72. The van der Waals surface area contributed by atoms with Gasteiger partial charge in [-0.05, 0) is 50.9 Å². The summed E-state index contributed by atoms with van der Waals surface area (Å²) in [7, 11) is -3.59. The molecule has 7 nitrogen and oxygen atoms in total. The van der Waals surface area contributed by atoms with E-state index in [-0.39, 0.29) is 22.4 Å². The minimum atomic E-state index is -3.59. The van der Waals surface area contributed by atoms with Crippen LogP contribution >= 0.6 is 11.3 Å². The number of aromatic amines is 1. The second-order valence-corrected chi connectivity index (χ2v) is 10.1. The SMILES string of the molecule is CCc1cc(-c2ccc(S(=O)(=O)NCCN3CCC[C@@H]3CO)s2)c(C)[nH]c1=O. The van der Waals surface area contributed by atoms with Gasteiger partial charge in [-0.1, -0.05) is 6.92 Å². The third kappa shape index (κ3) is 4.55. The molecule has 9 heteroatoms. The Hall–Kier alpha value is -1.52. The van der Waals surface area contributed by atoms with Crippen molar-refractivity contribution in [3.8, 4) is 10.4 Å². The second kappa shape index (κ2) is 8.87. The standard InChI is InChI=1S/C19H27N3O4S2/c1-3-14-11-16(13(2)21-19(14)24)17-6-7-18(27-17)28(25,26)20-8-10-22-9-4-5-15(22)12-23/h6-7,11,15,20,23H,3-5,8-10,12H2,1-2H3,(H,21,24)/t15-/m1/s1. The van der Waals surface area contributed by atoms with Crippen LogP contribution < -0.4 is 10.3 Å². The molecule has 1 saturated heterocycles. The fourth-order valence-electron chi connectivity index (χ4n) is 3.58. The van der Waals surface area contributed by atoms with Crippen molar-refractivity contribution >= 4 is 21.4 Å². The zero-order valence-electron chi connectivity index (χ0n) is 16.2. The van der Waals surface area contributed by atoms with Gasteiger partial charge in [-0.2, -0.15) is 0 Å². The highest BCUT2D eigenvalue weighted by atomic mass is 32.2. The topological polar surface area (TPSA) is 102 Å². The Morgan fingerprint density at radius 3 is 2.89 bits per heavy atom. The Bertz CT molecular complexity index is 981. The number of likely N-dealkylation sites (tertiary alicyclic amines) is 1. The fourth-order valence-corrected chi connectivity index (χ4v) is 6.03. The number of hydrogen-bond acceptors (Lipinski definition) is 6. The van der Waals surface area contributed by atoms with Crippen molar-refractivity contribution in [2.75, 3.05) is 26.2 Å². The van der Waals surface area contributed by atoms with Gasteiger partial charge in [0.05, 0.1) is 6.61 Å². The highest BCUT2D eigenvalue weighted by Gasteiger charge is 2.24. The number of sulfonamides is 1. The maximum absolute atomic E-state index is 12.6. The molecule has 0 saturated carbocycles. The van der Waals surface area contributed by atoms with E-state index in [1.54, 1.807) is 12.1 Å². The third-order valence-corrected chi connectivity index (χ3v) is 8.28. The Labute approximate surface area is 169 Å². The van der Waals surface area contributed by atoms with E-state index in [2.05, 4.69) is 14.6 Å². The molecular formula is C19H27N3O4S2. The van der Waals surface area contributed by atoms with Gasteiger partial charge in [-0.3, -0.25) is 9.69 Å². The summed E-state index contributed by atoms with van der Waals surface area (Å²) in [6.07, 6.45) is 2.60. The number of nitrogens with one attached hydrogen (secondary N) is 2. The predicted molar refractivity (Wildman–Crippen MR) is 111 cm³/mol. The van der Waals surface area contributed by atoms with E-state index in [1.165, 1.54) is 11.3 Å². The Morgan fingerprint density at radius 1 is 1.39 bits per heavy atom. The summed E-state index contributed by atoms with van der Waals surface area (Å²) < 4.78 is 28.2. The smallest absolute Gasteiger partial charge is 0.251 e. The van der Waals surface area contributed by atoms with E-state index in [0.29, 0.717) is 25.1 Å². The van der Waals surface area contributed by atoms with Gasteiger partial charge < -0.3 is 10.1 Å². The number of rotatable bonds is 8. The molecule has 0 aliphatic carbocycles. The van der Waals surface area contributed by atoms with Crippen molar-refractivity contribution in [2.24, 2.45) is 0 Å². The van der Waals surface area contributed by atoms with Crippen LogP contribution in [0.3, 0.4) is 0 Å². The molecule has 2 aromatic rings. The molecule has 1 fully saturated rings. The van der Waals surface area contributed by atoms with E-state index in [9.17, 15) is 18.3 Å². The van der Waals surface area contributed by atoms with Crippen LogP contribution in [0.1, 0.15) is 31.0 Å². The van der Waals surface area contributed by atoms with Crippen LogP contribution in [-0.2, 0) is 16.4 Å². The number of nitrogens with zero attached hydrogens (tertiary/aromatic N) is 1. The van der Waals surface area contributed by atoms with Gasteiger partial charge in [0.15, 0.2) is 0 Å². The molecule has 28 heavy (non-hydrogen) atoms. The van der Waals surface area contributed by atoms with Gasteiger partial charge in [-0.25, -0.2) is 13.1 Å². The fraction of sp³-hybridized carbons (Fsp3) is 0.526. The lowest BCUT2D eigenvalue weighted by molar-refractivity contribution is 0.161. The van der Waals surface area contributed by atoms with Crippen molar-refractivity contribution in [3.05, 3.63) is 39.8 Å². The molecule has 0 amide bonds.